The van der Waals surface area contributed by atoms with Gasteiger partial charge in [-0.15, -0.1) is 0 Å². The molecule has 3 rings (SSSR count). The van der Waals surface area contributed by atoms with Crippen LogP contribution in [0.15, 0.2) is 18.2 Å². The average molecular weight is 394 g/mol. The van der Waals surface area contributed by atoms with Crippen molar-refractivity contribution >= 4 is 23.8 Å². The van der Waals surface area contributed by atoms with Crippen molar-refractivity contribution in [3.05, 3.63) is 35.4 Å². The summed E-state index contributed by atoms with van der Waals surface area (Å²) >= 11 is 0. The molecule has 0 radical (unpaired) electrons. The topological polar surface area (TPSA) is 116 Å². The van der Waals surface area contributed by atoms with E-state index in [0.29, 0.717) is 0 Å². The summed E-state index contributed by atoms with van der Waals surface area (Å²) in [5, 5.41) is 9.75. The average Bonchev–Trinajstić information content (AvgIpc) is 3.45. The molecule has 2 fully saturated rings. The molecule has 1 aromatic carbocycles. The lowest BCUT2D eigenvalue weighted by Crippen LogP contribution is -2.58. The van der Waals surface area contributed by atoms with Gasteiger partial charge in [0.25, 0.3) is 0 Å². The molecule has 8 nitrogen and oxygen atoms in total. The summed E-state index contributed by atoms with van der Waals surface area (Å²) < 4.78 is 26.9. The molecule has 2 aliphatic rings. The molecule has 1 aliphatic heterocycles. The van der Waals surface area contributed by atoms with Gasteiger partial charge >= 0.3 is 6.03 Å². The van der Waals surface area contributed by atoms with Crippen LogP contribution in [0.1, 0.15) is 24.8 Å². The Morgan fingerprint density at radius 1 is 1.21 bits per heavy atom. The number of imide groups is 1. The van der Waals surface area contributed by atoms with E-state index in [1.54, 1.807) is 0 Å². The normalized spacial score (nSPS) is 20.0. The lowest BCUT2D eigenvalue weighted by atomic mass is 10.1. The Morgan fingerprint density at radius 2 is 1.96 bits per heavy atom. The molecular weight excluding hydrogens is 374 g/mol. The number of carbonyl (C=O) groups excluding carboxylic acids is 4. The summed E-state index contributed by atoms with van der Waals surface area (Å²) in [7, 11) is 0. The molecule has 2 atom stereocenters. The number of hydrogen-bond donors (Lipinski definition) is 4. The highest BCUT2D eigenvalue weighted by atomic mass is 19.1. The first-order valence-corrected chi connectivity index (χ1v) is 8.93. The van der Waals surface area contributed by atoms with E-state index in [0.717, 1.165) is 31.0 Å². The summed E-state index contributed by atoms with van der Waals surface area (Å²) in [5.41, 5.74) is -0.0491. The molecule has 1 saturated carbocycles. The Balaban J connectivity index is 1.53. The predicted molar refractivity (Wildman–Crippen MR) is 92.8 cm³/mol. The molecule has 10 heteroatoms. The zero-order valence-corrected chi connectivity index (χ0v) is 14.9. The minimum absolute atomic E-state index is 0.0491. The fourth-order valence-electron chi connectivity index (χ4n) is 3.04. The summed E-state index contributed by atoms with van der Waals surface area (Å²) in [6, 6.07) is 0.828. The number of benzene rings is 1. The van der Waals surface area contributed by atoms with Gasteiger partial charge in [0.15, 0.2) is 0 Å². The van der Waals surface area contributed by atoms with Gasteiger partial charge in [-0.2, -0.15) is 0 Å². The molecule has 1 saturated heterocycles. The number of hydrogen-bond acceptors (Lipinski definition) is 4. The molecule has 1 unspecified atom stereocenters. The molecule has 5 amide bonds. The molecule has 150 valence electrons. The number of nitrogens with one attached hydrogen (secondary N) is 4. The van der Waals surface area contributed by atoms with Crippen LogP contribution in [-0.2, 0) is 20.8 Å². The fourth-order valence-corrected chi connectivity index (χ4v) is 3.04. The first kappa shape index (κ1) is 19.7. The van der Waals surface area contributed by atoms with Crippen LogP contribution in [0.5, 0.6) is 0 Å². The standard InChI is InChI=1S/C18H20F2N4O4/c19-11-3-4-12(20)10(5-11)6-15(25)22-14(9-1-2-9)8-21-17(27)13-7-16(26)24-18(28)23-13/h3-5,9,13-14H,1-2,6-8H2,(H,21,27)(H,22,25)(H2,23,24,26,28)/t13-,14?/m0/s1. The maximum Gasteiger partial charge on any atom is 0.322 e. The Morgan fingerprint density at radius 3 is 2.64 bits per heavy atom. The van der Waals surface area contributed by atoms with Gasteiger partial charge in [-0.05, 0) is 37.0 Å². The minimum atomic E-state index is -0.974. The van der Waals surface area contributed by atoms with E-state index < -0.39 is 41.4 Å². The first-order chi connectivity index (χ1) is 13.3. The number of amides is 5. The molecule has 0 bridgehead atoms. The smallest absolute Gasteiger partial charge is 0.322 e. The van der Waals surface area contributed by atoms with Crippen molar-refractivity contribution in [1.29, 1.82) is 0 Å². The van der Waals surface area contributed by atoms with Crippen LogP contribution < -0.4 is 21.3 Å². The number of rotatable bonds is 7. The van der Waals surface area contributed by atoms with Crippen LogP contribution >= 0.6 is 0 Å². The van der Waals surface area contributed by atoms with E-state index in [9.17, 15) is 28.0 Å². The molecule has 0 aromatic heterocycles. The zero-order chi connectivity index (χ0) is 20.3. The molecule has 4 N–H and O–H groups in total. The van der Waals surface area contributed by atoms with E-state index in [2.05, 4.69) is 16.0 Å². The van der Waals surface area contributed by atoms with Gasteiger partial charge in [-0.25, -0.2) is 13.6 Å². The van der Waals surface area contributed by atoms with Crippen LogP contribution in [0, 0.1) is 17.6 Å². The number of halogens is 2. The van der Waals surface area contributed by atoms with Gasteiger partial charge in [0.05, 0.1) is 12.8 Å². The van der Waals surface area contributed by atoms with E-state index in [1.807, 2.05) is 5.32 Å². The first-order valence-electron chi connectivity index (χ1n) is 8.93. The van der Waals surface area contributed by atoms with Gasteiger partial charge in [-0.3, -0.25) is 19.7 Å². The van der Waals surface area contributed by atoms with Gasteiger partial charge in [0, 0.05) is 18.2 Å². The maximum atomic E-state index is 13.7. The monoisotopic (exact) mass is 394 g/mol. The van der Waals surface area contributed by atoms with Crippen LogP contribution in [0.3, 0.4) is 0 Å². The van der Waals surface area contributed by atoms with Gasteiger partial charge in [-0.1, -0.05) is 0 Å². The van der Waals surface area contributed by atoms with Crippen LogP contribution in [-0.4, -0.2) is 42.4 Å². The van der Waals surface area contributed by atoms with Gasteiger partial charge in [0.2, 0.25) is 17.7 Å². The largest absolute Gasteiger partial charge is 0.352 e. The molecule has 1 aliphatic carbocycles. The van der Waals surface area contributed by atoms with Crippen molar-refractivity contribution in [2.45, 2.75) is 37.8 Å². The predicted octanol–water partition coefficient (Wildman–Crippen LogP) is 0.116. The Bertz CT molecular complexity index is 797. The summed E-state index contributed by atoms with van der Waals surface area (Å²) in [6.07, 6.45) is 1.26. The van der Waals surface area contributed by atoms with Crippen LogP contribution in [0.4, 0.5) is 13.6 Å². The number of carbonyl (C=O) groups is 4. The highest BCUT2D eigenvalue weighted by molar-refractivity contribution is 6.02. The van der Waals surface area contributed by atoms with Crippen molar-refractivity contribution in [2.24, 2.45) is 5.92 Å². The molecule has 28 heavy (non-hydrogen) atoms. The van der Waals surface area contributed by atoms with Crippen LogP contribution in [0.2, 0.25) is 0 Å². The van der Waals surface area contributed by atoms with Crippen LogP contribution in [0.25, 0.3) is 0 Å². The van der Waals surface area contributed by atoms with E-state index in [4.69, 9.17) is 0 Å². The van der Waals surface area contributed by atoms with Crippen molar-refractivity contribution < 1.29 is 28.0 Å². The zero-order valence-electron chi connectivity index (χ0n) is 14.9. The van der Waals surface area contributed by atoms with Gasteiger partial charge < -0.3 is 16.0 Å². The van der Waals surface area contributed by atoms with E-state index in [1.165, 1.54) is 0 Å². The summed E-state index contributed by atoms with van der Waals surface area (Å²) in [5.74, 6) is -2.69. The quantitative estimate of drug-likeness (QED) is 0.525. The lowest BCUT2D eigenvalue weighted by molar-refractivity contribution is -0.129. The molecule has 1 heterocycles. The highest BCUT2D eigenvalue weighted by Gasteiger charge is 2.34. The lowest BCUT2D eigenvalue weighted by Gasteiger charge is -2.24. The van der Waals surface area contributed by atoms with E-state index in [-0.39, 0.29) is 36.9 Å². The Hall–Kier alpha value is -3.04. The third-order valence-corrected chi connectivity index (χ3v) is 4.66. The summed E-state index contributed by atoms with van der Waals surface area (Å²) in [6.45, 7) is 0.106. The van der Waals surface area contributed by atoms with Crippen molar-refractivity contribution in [3.63, 3.8) is 0 Å². The summed E-state index contributed by atoms with van der Waals surface area (Å²) in [4.78, 5) is 47.0. The van der Waals surface area contributed by atoms with Crippen molar-refractivity contribution in [1.82, 2.24) is 21.3 Å². The fraction of sp³-hybridized carbons (Fsp3) is 0.444. The second kappa shape index (κ2) is 8.32. The van der Waals surface area contributed by atoms with Crippen molar-refractivity contribution in [2.75, 3.05) is 6.54 Å². The second-order valence-electron chi connectivity index (χ2n) is 6.95. The SMILES string of the molecule is O=C1C[C@@H](C(=O)NCC(NC(=O)Cc2cc(F)ccc2F)C2CC2)NC(=O)N1. The van der Waals surface area contributed by atoms with Gasteiger partial charge in [0.1, 0.15) is 17.7 Å². The number of urea groups is 1. The highest BCUT2D eigenvalue weighted by Crippen LogP contribution is 2.32. The Kier molecular flexibility index (Phi) is 5.86. The third kappa shape index (κ3) is 5.24. The Labute approximate surface area is 159 Å². The minimum Gasteiger partial charge on any atom is -0.352 e. The van der Waals surface area contributed by atoms with E-state index >= 15 is 0 Å². The maximum absolute atomic E-state index is 13.7. The molecule has 0 spiro atoms. The third-order valence-electron chi connectivity index (χ3n) is 4.66. The molecular formula is C18H20F2N4O4. The van der Waals surface area contributed by atoms with Crippen molar-refractivity contribution in [3.8, 4) is 0 Å². The molecule has 1 aromatic rings. The second-order valence-corrected chi connectivity index (χ2v) is 6.95.